The number of carbonyl (C=O) groups excluding carboxylic acids is 3. The highest BCUT2D eigenvalue weighted by molar-refractivity contribution is 7.85. The van der Waals surface area contributed by atoms with Crippen LogP contribution in [0.5, 0.6) is 0 Å². The van der Waals surface area contributed by atoms with E-state index in [1.165, 1.54) is 10.5 Å². The molecule has 2 aromatic rings. The van der Waals surface area contributed by atoms with Gasteiger partial charge in [-0.25, -0.2) is 4.79 Å². The molecule has 2 unspecified atom stereocenters. The number of amides is 2. The smallest absolute Gasteiger partial charge is 0.338 e. The van der Waals surface area contributed by atoms with Gasteiger partial charge in [0.15, 0.2) is 0 Å². The molecular formula is C27H34N2O5S. The van der Waals surface area contributed by atoms with Crippen molar-refractivity contribution < 1.29 is 23.3 Å². The number of rotatable bonds is 14. The Hall–Kier alpha value is -3.00. The molecule has 1 N–H and O–H groups in total. The standard InChI is InChI=1S/C27H34N2O5S/c1-2-34-27(32)23-15-13-22(14-16-23)20-35(33)26-18-25(31)29(26)19-24(30)28-17-9-4-3-6-10-21-11-7-5-8-12-21/h5,7-8,11-16,26H,2-4,6,9-10,17-20H2,1H3,(H,28,30). The Bertz CT molecular complexity index is 1010. The van der Waals surface area contributed by atoms with Gasteiger partial charge in [0, 0.05) is 17.3 Å². The number of benzene rings is 2. The zero-order valence-electron chi connectivity index (χ0n) is 20.2. The minimum atomic E-state index is -1.34. The van der Waals surface area contributed by atoms with Crippen LogP contribution < -0.4 is 5.32 Å². The molecular weight excluding hydrogens is 464 g/mol. The van der Waals surface area contributed by atoms with E-state index in [4.69, 9.17) is 4.74 Å². The second-order valence-corrected chi connectivity index (χ2v) is 10.2. The van der Waals surface area contributed by atoms with Crippen LogP contribution >= 0.6 is 0 Å². The molecule has 0 spiro atoms. The van der Waals surface area contributed by atoms with E-state index in [1.807, 2.05) is 6.07 Å². The van der Waals surface area contributed by atoms with Gasteiger partial charge in [-0.1, -0.05) is 55.3 Å². The first kappa shape index (κ1) is 26.6. The number of ether oxygens (including phenoxy) is 1. The van der Waals surface area contributed by atoms with Gasteiger partial charge >= 0.3 is 5.97 Å². The van der Waals surface area contributed by atoms with Gasteiger partial charge in [0.05, 0.1) is 24.3 Å². The van der Waals surface area contributed by atoms with Crippen LogP contribution in [0.15, 0.2) is 54.6 Å². The van der Waals surface area contributed by atoms with Gasteiger partial charge in [-0.15, -0.1) is 0 Å². The Balaban J connectivity index is 1.33. The Morgan fingerprint density at radius 1 is 1.00 bits per heavy atom. The molecule has 0 radical (unpaired) electrons. The van der Waals surface area contributed by atoms with Gasteiger partial charge in [0.2, 0.25) is 11.8 Å². The van der Waals surface area contributed by atoms with Crippen molar-refractivity contribution in [2.75, 3.05) is 19.7 Å². The lowest BCUT2D eigenvalue weighted by Gasteiger charge is -2.39. The van der Waals surface area contributed by atoms with E-state index in [-0.39, 0.29) is 30.5 Å². The van der Waals surface area contributed by atoms with Crippen molar-refractivity contribution in [1.29, 1.82) is 0 Å². The number of nitrogens with zero attached hydrogens (tertiary/aromatic N) is 1. The molecule has 7 nitrogen and oxygen atoms in total. The number of hydrogen-bond acceptors (Lipinski definition) is 5. The van der Waals surface area contributed by atoms with Crippen LogP contribution in [0.2, 0.25) is 0 Å². The van der Waals surface area contributed by atoms with E-state index in [9.17, 15) is 18.6 Å². The molecule has 1 aliphatic rings. The minimum Gasteiger partial charge on any atom is -0.462 e. The second kappa shape index (κ2) is 13.8. The number of aryl methyl sites for hydroxylation is 1. The third-order valence-electron chi connectivity index (χ3n) is 5.97. The fraction of sp³-hybridized carbons (Fsp3) is 0.444. The average molecular weight is 499 g/mol. The van der Waals surface area contributed by atoms with E-state index in [1.54, 1.807) is 31.2 Å². The SMILES string of the molecule is CCOC(=O)c1ccc(CS(=O)C2CC(=O)N2CC(=O)NCCCCCCc2ccccc2)cc1. The monoisotopic (exact) mass is 498 g/mol. The lowest BCUT2D eigenvalue weighted by molar-refractivity contribution is -0.145. The maximum absolute atomic E-state index is 12.8. The first-order chi connectivity index (χ1) is 17.0. The largest absolute Gasteiger partial charge is 0.462 e. The Morgan fingerprint density at radius 2 is 1.71 bits per heavy atom. The summed E-state index contributed by atoms with van der Waals surface area (Å²) in [6.07, 6.45) is 5.42. The lowest BCUT2D eigenvalue weighted by Crippen LogP contribution is -2.57. The molecule has 0 bridgehead atoms. The summed E-state index contributed by atoms with van der Waals surface area (Å²) in [6.45, 7) is 2.56. The third-order valence-corrected chi connectivity index (χ3v) is 7.61. The van der Waals surface area contributed by atoms with Gasteiger partial charge in [-0.05, 0) is 49.4 Å². The first-order valence-corrected chi connectivity index (χ1v) is 13.6. The van der Waals surface area contributed by atoms with Gasteiger partial charge in [0.1, 0.15) is 11.9 Å². The maximum atomic E-state index is 12.8. The summed E-state index contributed by atoms with van der Waals surface area (Å²) in [5.74, 6) is -0.517. The quantitative estimate of drug-likeness (QED) is 0.244. The maximum Gasteiger partial charge on any atom is 0.338 e. The van der Waals surface area contributed by atoms with E-state index in [2.05, 4.69) is 29.6 Å². The Labute approximate surface area is 209 Å². The molecule has 2 amide bonds. The number of esters is 1. The average Bonchev–Trinajstić information content (AvgIpc) is 2.86. The molecule has 1 aliphatic heterocycles. The Kier molecular flexibility index (Phi) is 10.5. The van der Waals surface area contributed by atoms with Gasteiger partial charge in [-0.3, -0.25) is 13.8 Å². The van der Waals surface area contributed by atoms with Gasteiger partial charge in [0.25, 0.3) is 0 Å². The fourth-order valence-corrected chi connectivity index (χ4v) is 5.47. The van der Waals surface area contributed by atoms with Crippen LogP contribution in [-0.2, 0) is 37.3 Å². The van der Waals surface area contributed by atoms with Crippen LogP contribution in [0.3, 0.4) is 0 Å². The van der Waals surface area contributed by atoms with E-state index in [0.29, 0.717) is 18.7 Å². The summed E-state index contributed by atoms with van der Waals surface area (Å²) in [7, 11) is -1.34. The van der Waals surface area contributed by atoms with Gasteiger partial charge in [-0.2, -0.15) is 0 Å². The van der Waals surface area contributed by atoms with Crippen LogP contribution in [0.4, 0.5) is 0 Å². The van der Waals surface area contributed by atoms with Crippen LogP contribution in [0.25, 0.3) is 0 Å². The van der Waals surface area contributed by atoms with Crippen molar-refractivity contribution in [3.63, 3.8) is 0 Å². The van der Waals surface area contributed by atoms with Crippen molar-refractivity contribution >= 4 is 28.6 Å². The molecule has 35 heavy (non-hydrogen) atoms. The zero-order valence-corrected chi connectivity index (χ0v) is 21.1. The summed E-state index contributed by atoms with van der Waals surface area (Å²) < 4.78 is 17.8. The van der Waals surface area contributed by atoms with Crippen molar-refractivity contribution in [3.05, 3.63) is 71.3 Å². The third kappa shape index (κ3) is 8.31. The van der Waals surface area contributed by atoms with Crippen molar-refractivity contribution in [3.8, 4) is 0 Å². The van der Waals surface area contributed by atoms with Crippen molar-refractivity contribution in [1.82, 2.24) is 10.2 Å². The molecule has 1 fully saturated rings. The molecule has 3 rings (SSSR count). The lowest BCUT2D eigenvalue weighted by atomic mass is 10.1. The zero-order chi connectivity index (χ0) is 25.0. The molecule has 1 saturated heterocycles. The highest BCUT2D eigenvalue weighted by Gasteiger charge is 2.41. The summed E-state index contributed by atoms with van der Waals surface area (Å²) in [4.78, 5) is 37.5. The van der Waals surface area contributed by atoms with Crippen molar-refractivity contribution in [2.24, 2.45) is 0 Å². The predicted octanol–water partition coefficient (Wildman–Crippen LogP) is 3.59. The van der Waals surface area contributed by atoms with Crippen LogP contribution in [-0.4, -0.2) is 52.0 Å². The Morgan fingerprint density at radius 3 is 2.40 bits per heavy atom. The predicted molar refractivity (Wildman–Crippen MR) is 136 cm³/mol. The van der Waals surface area contributed by atoms with Crippen LogP contribution in [0.1, 0.15) is 60.5 Å². The summed E-state index contributed by atoms with van der Waals surface area (Å²) >= 11 is 0. The summed E-state index contributed by atoms with van der Waals surface area (Å²) in [6, 6.07) is 17.2. The molecule has 188 valence electrons. The van der Waals surface area contributed by atoms with Crippen LogP contribution in [0, 0.1) is 0 Å². The second-order valence-electron chi connectivity index (χ2n) is 8.62. The number of β-lactam (4-membered cyclic amide) rings is 1. The number of hydrogen-bond donors (Lipinski definition) is 1. The highest BCUT2D eigenvalue weighted by Crippen LogP contribution is 2.24. The van der Waals surface area contributed by atoms with E-state index >= 15 is 0 Å². The number of carbonyl (C=O) groups is 3. The molecule has 2 aromatic carbocycles. The topological polar surface area (TPSA) is 92.8 Å². The van der Waals surface area contributed by atoms with Gasteiger partial charge < -0.3 is 15.0 Å². The fourth-order valence-electron chi connectivity index (χ4n) is 3.95. The molecule has 2 atom stereocenters. The number of likely N-dealkylation sites (tertiary alicyclic amines) is 1. The number of unbranched alkanes of at least 4 members (excludes halogenated alkanes) is 3. The van der Waals surface area contributed by atoms with Crippen molar-refractivity contribution in [2.45, 2.75) is 56.6 Å². The minimum absolute atomic E-state index is 0.0644. The molecule has 0 saturated carbocycles. The first-order valence-electron chi connectivity index (χ1n) is 12.2. The molecule has 1 heterocycles. The summed E-state index contributed by atoms with van der Waals surface area (Å²) in [5, 5.41) is 2.41. The molecule has 8 heteroatoms. The highest BCUT2D eigenvalue weighted by atomic mass is 32.2. The number of nitrogens with one attached hydrogen (secondary N) is 1. The van der Waals surface area contributed by atoms with E-state index < -0.39 is 22.1 Å². The molecule has 0 aromatic heterocycles. The normalized spacial score (nSPS) is 15.9. The molecule has 0 aliphatic carbocycles. The van der Waals surface area contributed by atoms with E-state index in [0.717, 1.165) is 37.7 Å². The summed E-state index contributed by atoms with van der Waals surface area (Å²) in [5.41, 5.74) is 2.59.